The number of hydrogen-bond acceptors (Lipinski definition) is 4. The van der Waals surface area contributed by atoms with Crippen LogP contribution in [0, 0.1) is 0 Å². The second-order valence-corrected chi connectivity index (χ2v) is 6.77. The predicted molar refractivity (Wildman–Crippen MR) is 114 cm³/mol. The van der Waals surface area contributed by atoms with Crippen molar-refractivity contribution in [1.82, 2.24) is 5.43 Å². The van der Waals surface area contributed by atoms with Gasteiger partial charge in [0.1, 0.15) is 11.5 Å². The largest absolute Gasteiger partial charge is 0.496 e. The minimum Gasteiger partial charge on any atom is -0.496 e. The van der Waals surface area contributed by atoms with E-state index in [1.807, 2.05) is 72.8 Å². The van der Waals surface area contributed by atoms with Crippen LogP contribution in [0.3, 0.4) is 0 Å². The van der Waals surface area contributed by atoms with Gasteiger partial charge in [0.2, 0.25) is 0 Å². The van der Waals surface area contributed by atoms with E-state index in [1.165, 1.54) is 6.21 Å². The number of nitrogens with one attached hydrogen (secondary N) is 1. The second kappa shape index (κ2) is 9.71. The number of ether oxygens (including phenoxy) is 2. The second-order valence-electron chi connectivity index (χ2n) is 5.86. The van der Waals surface area contributed by atoms with Crippen molar-refractivity contribution in [2.45, 2.75) is 0 Å². The summed E-state index contributed by atoms with van der Waals surface area (Å²) in [7, 11) is 1.58. The Labute approximate surface area is 172 Å². The zero-order valence-electron chi connectivity index (χ0n) is 15.3. The van der Waals surface area contributed by atoms with Gasteiger partial charge in [0, 0.05) is 10.0 Å². The molecule has 0 saturated carbocycles. The van der Waals surface area contributed by atoms with Crippen molar-refractivity contribution in [1.29, 1.82) is 0 Å². The van der Waals surface area contributed by atoms with Crippen LogP contribution in [0.5, 0.6) is 11.5 Å². The first-order valence-electron chi connectivity index (χ1n) is 8.59. The summed E-state index contributed by atoms with van der Waals surface area (Å²) in [5, 5.41) is 3.95. The summed E-state index contributed by atoms with van der Waals surface area (Å²) in [6, 6.07) is 23.2. The molecule has 6 heteroatoms. The molecule has 0 unspecified atom stereocenters. The number of halogens is 1. The summed E-state index contributed by atoms with van der Waals surface area (Å²) in [6.45, 7) is -0.127. The molecule has 0 heterocycles. The standard InChI is InChI=1S/C22H19BrN2O3/c1-27-21-12-9-19(23)13-18(21)14-24-25-22(26)15-28-20-10-7-17(8-11-20)16-5-3-2-4-6-16/h2-14H,15H2,1H3,(H,25,26)/b24-14+. The molecule has 142 valence electrons. The lowest BCUT2D eigenvalue weighted by atomic mass is 10.1. The van der Waals surface area contributed by atoms with Crippen LogP contribution in [0.2, 0.25) is 0 Å². The number of carbonyl (C=O) groups is 1. The molecular formula is C22H19BrN2O3. The smallest absolute Gasteiger partial charge is 0.277 e. The summed E-state index contributed by atoms with van der Waals surface area (Å²) in [5.41, 5.74) is 5.41. The van der Waals surface area contributed by atoms with Gasteiger partial charge >= 0.3 is 0 Å². The third kappa shape index (κ3) is 5.44. The molecule has 0 radical (unpaired) electrons. The molecule has 1 N–H and O–H groups in total. The van der Waals surface area contributed by atoms with Crippen LogP contribution < -0.4 is 14.9 Å². The number of methoxy groups -OCH3 is 1. The number of hydrazone groups is 1. The molecule has 5 nitrogen and oxygen atoms in total. The molecule has 0 aromatic heterocycles. The molecule has 0 aliphatic rings. The van der Waals surface area contributed by atoms with Gasteiger partial charge in [0.05, 0.1) is 13.3 Å². The van der Waals surface area contributed by atoms with E-state index in [-0.39, 0.29) is 12.5 Å². The molecule has 0 atom stereocenters. The highest BCUT2D eigenvalue weighted by Crippen LogP contribution is 2.22. The van der Waals surface area contributed by atoms with Crippen LogP contribution in [0.1, 0.15) is 5.56 Å². The number of nitrogens with zero attached hydrogens (tertiary/aromatic N) is 1. The van der Waals surface area contributed by atoms with E-state index in [0.29, 0.717) is 11.5 Å². The number of benzene rings is 3. The number of carbonyl (C=O) groups excluding carboxylic acids is 1. The van der Waals surface area contributed by atoms with Crippen LogP contribution >= 0.6 is 15.9 Å². The highest BCUT2D eigenvalue weighted by atomic mass is 79.9. The van der Waals surface area contributed by atoms with Gasteiger partial charge in [-0.1, -0.05) is 58.4 Å². The first kappa shape index (κ1) is 19.6. The summed E-state index contributed by atoms with van der Waals surface area (Å²) in [6.07, 6.45) is 1.52. The molecule has 28 heavy (non-hydrogen) atoms. The molecule has 0 fully saturated rings. The highest BCUT2D eigenvalue weighted by molar-refractivity contribution is 9.10. The van der Waals surface area contributed by atoms with Gasteiger partial charge < -0.3 is 9.47 Å². The van der Waals surface area contributed by atoms with Crippen LogP contribution in [-0.4, -0.2) is 25.8 Å². The van der Waals surface area contributed by atoms with Crippen molar-refractivity contribution in [2.24, 2.45) is 5.10 Å². The normalized spacial score (nSPS) is 10.6. The van der Waals surface area contributed by atoms with E-state index in [2.05, 4.69) is 26.5 Å². The van der Waals surface area contributed by atoms with Crippen LogP contribution in [0.4, 0.5) is 0 Å². The van der Waals surface area contributed by atoms with Crippen molar-refractivity contribution in [3.63, 3.8) is 0 Å². The predicted octanol–water partition coefficient (Wildman–Crippen LogP) is 4.65. The Morgan fingerprint density at radius 2 is 1.75 bits per heavy atom. The lowest BCUT2D eigenvalue weighted by molar-refractivity contribution is -0.123. The number of rotatable bonds is 7. The van der Waals surface area contributed by atoms with E-state index in [0.717, 1.165) is 21.2 Å². The fraction of sp³-hybridized carbons (Fsp3) is 0.0909. The Morgan fingerprint density at radius 1 is 1.04 bits per heavy atom. The van der Waals surface area contributed by atoms with E-state index in [9.17, 15) is 4.79 Å². The highest BCUT2D eigenvalue weighted by Gasteiger charge is 2.04. The number of amides is 1. The van der Waals surface area contributed by atoms with E-state index < -0.39 is 0 Å². The Balaban J connectivity index is 1.51. The zero-order chi connectivity index (χ0) is 19.8. The van der Waals surface area contributed by atoms with Crippen LogP contribution in [-0.2, 0) is 4.79 Å². The first-order chi connectivity index (χ1) is 13.7. The molecule has 1 amide bonds. The Bertz CT molecular complexity index is 957. The monoisotopic (exact) mass is 438 g/mol. The molecule has 0 saturated heterocycles. The zero-order valence-corrected chi connectivity index (χ0v) is 16.8. The van der Waals surface area contributed by atoms with Gasteiger partial charge in [0.25, 0.3) is 5.91 Å². The third-order valence-electron chi connectivity index (χ3n) is 3.92. The molecule has 0 aliphatic carbocycles. The average molecular weight is 439 g/mol. The van der Waals surface area contributed by atoms with Gasteiger partial charge in [-0.05, 0) is 41.5 Å². The fourth-order valence-corrected chi connectivity index (χ4v) is 2.91. The number of hydrogen-bond donors (Lipinski definition) is 1. The van der Waals surface area contributed by atoms with Crippen molar-refractivity contribution < 1.29 is 14.3 Å². The minimum atomic E-state index is -0.350. The minimum absolute atomic E-state index is 0.127. The van der Waals surface area contributed by atoms with E-state index >= 15 is 0 Å². The Kier molecular flexibility index (Phi) is 6.81. The SMILES string of the molecule is COc1ccc(Br)cc1/C=N/NC(=O)COc1ccc(-c2ccccc2)cc1. The molecule has 3 aromatic rings. The van der Waals surface area contributed by atoms with Crippen LogP contribution in [0.15, 0.2) is 82.4 Å². The maximum atomic E-state index is 11.9. The molecule has 0 spiro atoms. The maximum absolute atomic E-state index is 11.9. The fourth-order valence-electron chi connectivity index (χ4n) is 2.54. The summed E-state index contributed by atoms with van der Waals surface area (Å²) < 4.78 is 11.7. The van der Waals surface area contributed by atoms with Crippen molar-refractivity contribution in [3.8, 4) is 22.6 Å². The summed E-state index contributed by atoms with van der Waals surface area (Å²) in [5.74, 6) is 0.931. The molecule has 3 rings (SSSR count). The lowest BCUT2D eigenvalue weighted by Crippen LogP contribution is -2.24. The molecule has 0 bridgehead atoms. The lowest BCUT2D eigenvalue weighted by Gasteiger charge is -2.07. The average Bonchev–Trinajstić information content (AvgIpc) is 2.73. The molecular weight excluding hydrogens is 420 g/mol. The quantitative estimate of drug-likeness (QED) is 0.431. The van der Waals surface area contributed by atoms with Crippen molar-refractivity contribution >= 4 is 28.1 Å². The van der Waals surface area contributed by atoms with Crippen molar-refractivity contribution in [3.05, 3.63) is 82.8 Å². The Morgan fingerprint density at radius 3 is 2.46 bits per heavy atom. The van der Waals surface area contributed by atoms with Crippen LogP contribution in [0.25, 0.3) is 11.1 Å². The van der Waals surface area contributed by atoms with E-state index in [4.69, 9.17) is 9.47 Å². The maximum Gasteiger partial charge on any atom is 0.277 e. The molecule has 0 aliphatic heterocycles. The van der Waals surface area contributed by atoms with Gasteiger partial charge in [-0.3, -0.25) is 4.79 Å². The van der Waals surface area contributed by atoms with Gasteiger partial charge in [0.15, 0.2) is 6.61 Å². The Hall–Kier alpha value is -3.12. The van der Waals surface area contributed by atoms with Gasteiger partial charge in [-0.25, -0.2) is 5.43 Å². The third-order valence-corrected chi connectivity index (χ3v) is 4.41. The van der Waals surface area contributed by atoms with Gasteiger partial charge in [-0.15, -0.1) is 0 Å². The van der Waals surface area contributed by atoms with Crippen molar-refractivity contribution in [2.75, 3.05) is 13.7 Å². The summed E-state index contributed by atoms with van der Waals surface area (Å²) >= 11 is 3.39. The molecule has 3 aromatic carbocycles. The topological polar surface area (TPSA) is 59.9 Å². The van der Waals surface area contributed by atoms with Gasteiger partial charge in [-0.2, -0.15) is 5.10 Å². The first-order valence-corrected chi connectivity index (χ1v) is 9.39. The summed E-state index contributed by atoms with van der Waals surface area (Å²) in [4.78, 5) is 11.9. The van der Waals surface area contributed by atoms with E-state index in [1.54, 1.807) is 7.11 Å².